The summed E-state index contributed by atoms with van der Waals surface area (Å²) in [4.78, 5) is 14.6. The number of hydrogen-bond donors (Lipinski definition) is 1. The predicted octanol–water partition coefficient (Wildman–Crippen LogP) is 2.57. The number of benzene rings is 1. The average Bonchev–Trinajstić information content (AvgIpc) is 2.42. The molecule has 1 saturated heterocycles. The van der Waals surface area contributed by atoms with Gasteiger partial charge in [-0.3, -0.25) is 4.79 Å². The van der Waals surface area contributed by atoms with E-state index in [-0.39, 0.29) is 11.9 Å². The third-order valence-corrected chi connectivity index (χ3v) is 4.51. The minimum absolute atomic E-state index is 0.218. The van der Waals surface area contributed by atoms with E-state index in [4.69, 9.17) is 5.73 Å². The second-order valence-corrected chi connectivity index (χ2v) is 6.07. The number of hydrogen-bond acceptors (Lipinski definition) is 2. The molecule has 0 radical (unpaired) electrons. The van der Waals surface area contributed by atoms with E-state index in [1.807, 2.05) is 4.90 Å². The Labute approximate surface area is 122 Å². The molecule has 1 amide bonds. The molecule has 1 aromatic carbocycles. The van der Waals surface area contributed by atoms with Gasteiger partial charge in [-0.1, -0.05) is 18.2 Å². The molecule has 0 spiro atoms. The number of nitrogens with zero attached hydrogens (tertiary/aromatic N) is 1. The van der Waals surface area contributed by atoms with E-state index in [0.717, 1.165) is 18.4 Å². The van der Waals surface area contributed by atoms with Crippen molar-refractivity contribution in [1.29, 1.82) is 0 Å². The Morgan fingerprint density at radius 2 is 2.05 bits per heavy atom. The maximum atomic E-state index is 12.6. The van der Waals surface area contributed by atoms with Crippen LogP contribution in [0.1, 0.15) is 42.9 Å². The number of carbonyl (C=O) groups excluding carboxylic acids is 1. The maximum absolute atomic E-state index is 12.6. The lowest BCUT2D eigenvalue weighted by Gasteiger charge is -2.40. The number of rotatable bonds is 3. The van der Waals surface area contributed by atoms with Crippen molar-refractivity contribution >= 4 is 5.91 Å². The Morgan fingerprint density at radius 1 is 1.30 bits per heavy atom. The highest BCUT2D eigenvalue weighted by Crippen LogP contribution is 2.23. The highest BCUT2D eigenvalue weighted by Gasteiger charge is 2.30. The zero-order chi connectivity index (χ0) is 14.7. The zero-order valence-corrected chi connectivity index (χ0v) is 12.9. The van der Waals surface area contributed by atoms with Gasteiger partial charge in [-0.25, -0.2) is 0 Å². The monoisotopic (exact) mass is 274 g/mol. The standard InChI is InChI=1S/C17H26N2O/c1-12-7-8-15(9-13(12)2)10-17(20)19-14(3)5-4-6-16(19)11-18/h7-9,14,16H,4-6,10-11,18H2,1-3H3. The number of amides is 1. The van der Waals surface area contributed by atoms with Gasteiger partial charge in [-0.15, -0.1) is 0 Å². The van der Waals surface area contributed by atoms with Gasteiger partial charge in [0, 0.05) is 18.6 Å². The number of aryl methyl sites for hydroxylation is 2. The van der Waals surface area contributed by atoms with E-state index in [9.17, 15) is 4.79 Å². The summed E-state index contributed by atoms with van der Waals surface area (Å²) in [7, 11) is 0. The molecule has 0 saturated carbocycles. The highest BCUT2D eigenvalue weighted by atomic mass is 16.2. The molecule has 2 atom stereocenters. The molecule has 1 aliphatic rings. The summed E-state index contributed by atoms with van der Waals surface area (Å²) >= 11 is 0. The molecule has 0 aliphatic carbocycles. The lowest BCUT2D eigenvalue weighted by molar-refractivity contribution is -0.136. The Balaban J connectivity index is 2.11. The van der Waals surface area contributed by atoms with Gasteiger partial charge in [-0.2, -0.15) is 0 Å². The lowest BCUT2D eigenvalue weighted by atomic mass is 9.95. The fraction of sp³-hybridized carbons (Fsp3) is 0.588. The smallest absolute Gasteiger partial charge is 0.227 e. The molecular weight excluding hydrogens is 248 g/mol. The molecule has 1 aliphatic heterocycles. The molecule has 2 unspecified atom stereocenters. The Hall–Kier alpha value is -1.35. The first kappa shape index (κ1) is 15.0. The highest BCUT2D eigenvalue weighted by molar-refractivity contribution is 5.79. The molecule has 1 fully saturated rings. The van der Waals surface area contributed by atoms with E-state index in [2.05, 4.69) is 39.0 Å². The van der Waals surface area contributed by atoms with Crippen LogP contribution >= 0.6 is 0 Å². The number of piperidine rings is 1. The van der Waals surface area contributed by atoms with Crippen molar-refractivity contribution in [1.82, 2.24) is 4.90 Å². The van der Waals surface area contributed by atoms with Crippen molar-refractivity contribution in [2.24, 2.45) is 5.73 Å². The summed E-state index contributed by atoms with van der Waals surface area (Å²) in [6.07, 6.45) is 3.80. The number of nitrogens with two attached hydrogens (primary N) is 1. The van der Waals surface area contributed by atoms with Crippen molar-refractivity contribution in [3.05, 3.63) is 34.9 Å². The lowest BCUT2D eigenvalue weighted by Crippen LogP contribution is -2.52. The van der Waals surface area contributed by atoms with Crippen LogP contribution in [0.2, 0.25) is 0 Å². The van der Waals surface area contributed by atoms with Crippen LogP contribution in [0.3, 0.4) is 0 Å². The van der Waals surface area contributed by atoms with Gasteiger partial charge >= 0.3 is 0 Å². The van der Waals surface area contributed by atoms with Crippen LogP contribution in [0.25, 0.3) is 0 Å². The molecule has 1 heterocycles. The summed E-state index contributed by atoms with van der Waals surface area (Å²) in [5, 5.41) is 0. The van der Waals surface area contributed by atoms with Gasteiger partial charge in [-0.05, 0) is 56.7 Å². The normalized spacial score (nSPS) is 22.9. The molecule has 2 N–H and O–H groups in total. The Morgan fingerprint density at radius 3 is 2.70 bits per heavy atom. The van der Waals surface area contributed by atoms with Gasteiger partial charge in [0.1, 0.15) is 0 Å². The number of likely N-dealkylation sites (tertiary alicyclic amines) is 1. The third-order valence-electron chi connectivity index (χ3n) is 4.51. The molecule has 2 rings (SSSR count). The van der Waals surface area contributed by atoms with Gasteiger partial charge in [0.15, 0.2) is 0 Å². The minimum Gasteiger partial charge on any atom is -0.335 e. The van der Waals surface area contributed by atoms with Crippen LogP contribution in [-0.2, 0) is 11.2 Å². The van der Waals surface area contributed by atoms with Crippen LogP contribution in [0, 0.1) is 13.8 Å². The quantitative estimate of drug-likeness (QED) is 0.921. The summed E-state index contributed by atoms with van der Waals surface area (Å²) < 4.78 is 0. The largest absolute Gasteiger partial charge is 0.335 e. The topological polar surface area (TPSA) is 46.3 Å². The second-order valence-electron chi connectivity index (χ2n) is 6.07. The molecule has 0 aromatic heterocycles. The van der Waals surface area contributed by atoms with E-state index in [1.165, 1.54) is 17.5 Å². The summed E-state index contributed by atoms with van der Waals surface area (Å²) in [6, 6.07) is 6.82. The van der Waals surface area contributed by atoms with Crippen molar-refractivity contribution in [2.45, 2.75) is 58.5 Å². The Bertz CT molecular complexity index is 484. The van der Waals surface area contributed by atoms with Gasteiger partial charge in [0.25, 0.3) is 0 Å². The molecule has 3 heteroatoms. The fourth-order valence-corrected chi connectivity index (χ4v) is 3.15. The number of carbonyl (C=O) groups is 1. The van der Waals surface area contributed by atoms with E-state index < -0.39 is 0 Å². The molecule has 110 valence electrons. The second kappa shape index (κ2) is 6.40. The summed E-state index contributed by atoms with van der Waals surface area (Å²) in [5.74, 6) is 0.218. The zero-order valence-electron chi connectivity index (χ0n) is 12.9. The van der Waals surface area contributed by atoms with Crippen molar-refractivity contribution in [2.75, 3.05) is 6.54 Å². The molecule has 20 heavy (non-hydrogen) atoms. The van der Waals surface area contributed by atoms with E-state index >= 15 is 0 Å². The van der Waals surface area contributed by atoms with Crippen LogP contribution in [0.15, 0.2) is 18.2 Å². The van der Waals surface area contributed by atoms with Crippen LogP contribution in [0.4, 0.5) is 0 Å². The molecule has 3 nitrogen and oxygen atoms in total. The average molecular weight is 274 g/mol. The van der Waals surface area contributed by atoms with Crippen molar-refractivity contribution in [3.63, 3.8) is 0 Å². The van der Waals surface area contributed by atoms with Crippen LogP contribution in [-0.4, -0.2) is 29.4 Å². The SMILES string of the molecule is Cc1ccc(CC(=O)N2C(C)CCCC2CN)cc1C. The fourth-order valence-electron chi connectivity index (χ4n) is 3.15. The van der Waals surface area contributed by atoms with Gasteiger partial charge < -0.3 is 10.6 Å². The first-order chi connectivity index (χ1) is 9.52. The first-order valence-electron chi connectivity index (χ1n) is 7.60. The first-order valence-corrected chi connectivity index (χ1v) is 7.60. The molecule has 1 aromatic rings. The maximum Gasteiger partial charge on any atom is 0.227 e. The van der Waals surface area contributed by atoms with Crippen LogP contribution < -0.4 is 5.73 Å². The molecular formula is C17H26N2O. The molecule has 0 bridgehead atoms. The summed E-state index contributed by atoms with van der Waals surface area (Å²) in [6.45, 7) is 6.90. The van der Waals surface area contributed by atoms with E-state index in [0.29, 0.717) is 19.0 Å². The van der Waals surface area contributed by atoms with Crippen molar-refractivity contribution < 1.29 is 4.79 Å². The predicted molar refractivity (Wildman–Crippen MR) is 82.6 cm³/mol. The van der Waals surface area contributed by atoms with Crippen LogP contribution in [0.5, 0.6) is 0 Å². The van der Waals surface area contributed by atoms with Gasteiger partial charge in [0.2, 0.25) is 5.91 Å². The minimum atomic E-state index is 0.218. The van der Waals surface area contributed by atoms with Crippen molar-refractivity contribution in [3.8, 4) is 0 Å². The third kappa shape index (κ3) is 3.21. The van der Waals surface area contributed by atoms with E-state index in [1.54, 1.807) is 0 Å². The Kier molecular flexibility index (Phi) is 4.81. The van der Waals surface area contributed by atoms with Gasteiger partial charge in [0.05, 0.1) is 6.42 Å². The summed E-state index contributed by atoms with van der Waals surface area (Å²) in [5.41, 5.74) is 9.46.